The first-order chi connectivity index (χ1) is 11.4. The van der Waals surface area contributed by atoms with Crippen molar-refractivity contribution in [3.05, 3.63) is 57.6 Å². The molecule has 2 aromatic carbocycles. The zero-order valence-corrected chi connectivity index (χ0v) is 14.8. The van der Waals surface area contributed by atoms with Crippen molar-refractivity contribution in [3.63, 3.8) is 0 Å². The lowest BCUT2D eigenvalue weighted by Crippen LogP contribution is -2.35. The van der Waals surface area contributed by atoms with Crippen molar-refractivity contribution in [2.24, 2.45) is 0 Å². The lowest BCUT2D eigenvalue weighted by Gasteiger charge is -2.18. The number of aryl methyl sites for hydroxylation is 2. The van der Waals surface area contributed by atoms with Gasteiger partial charge in [-0.15, -0.1) is 0 Å². The van der Waals surface area contributed by atoms with Gasteiger partial charge in [0.2, 0.25) is 5.91 Å². The molecule has 2 aromatic rings. The number of hydrogen-bond donors (Lipinski definition) is 1. The summed E-state index contributed by atoms with van der Waals surface area (Å²) in [6.07, 6.45) is 0.0780. The van der Waals surface area contributed by atoms with Crippen molar-refractivity contribution in [2.75, 3.05) is 10.2 Å². The first-order valence-corrected chi connectivity index (χ1v) is 8.28. The van der Waals surface area contributed by atoms with Gasteiger partial charge in [-0.2, -0.15) is 0 Å². The lowest BCUT2D eigenvalue weighted by molar-refractivity contribution is -0.121. The maximum absolute atomic E-state index is 12.7. The quantitative estimate of drug-likeness (QED) is 0.825. The molecule has 0 saturated carbocycles. The molecule has 1 fully saturated rings. The average molecular weight is 363 g/mol. The third kappa shape index (κ3) is 2.99. The molecule has 2 amide bonds. The molecular formula is C18H16Cl2N2O2. The van der Waals surface area contributed by atoms with Crippen molar-refractivity contribution in [1.29, 1.82) is 0 Å². The summed E-state index contributed by atoms with van der Waals surface area (Å²) < 4.78 is 0. The van der Waals surface area contributed by atoms with Gasteiger partial charge < -0.3 is 5.32 Å². The standard InChI is InChI=1S/C18H16Cl2N2O2/c1-10-6-7-12(8-11(10)2)21-14-9-16(23)22(18(14)24)15-5-3-4-13(19)17(15)20/h3-8,14,21H,9H2,1-2H3/t14-/m1/s1. The predicted molar refractivity (Wildman–Crippen MR) is 96.9 cm³/mol. The lowest BCUT2D eigenvalue weighted by atomic mass is 10.1. The molecule has 124 valence electrons. The van der Waals surface area contributed by atoms with E-state index in [1.54, 1.807) is 18.2 Å². The van der Waals surface area contributed by atoms with Crippen molar-refractivity contribution in [1.82, 2.24) is 0 Å². The number of rotatable bonds is 3. The highest BCUT2D eigenvalue weighted by Crippen LogP contribution is 2.35. The van der Waals surface area contributed by atoms with Gasteiger partial charge >= 0.3 is 0 Å². The summed E-state index contributed by atoms with van der Waals surface area (Å²) in [5, 5.41) is 3.64. The van der Waals surface area contributed by atoms with E-state index < -0.39 is 6.04 Å². The monoisotopic (exact) mass is 362 g/mol. The number of anilines is 2. The third-order valence-corrected chi connectivity index (χ3v) is 4.98. The van der Waals surface area contributed by atoms with Crippen LogP contribution in [0.2, 0.25) is 10.0 Å². The SMILES string of the molecule is Cc1ccc(N[C@@H]2CC(=O)N(c3cccc(Cl)c3Cl)C2=O)cc1C. The molecule has 1 N–H and O–H groups in total. The predicted octanol–water partition coefficient (Wildman–Crippen LogP) is 4.35. The Morgan fingerprint density at radius 3 is 2.54 bits per heavy atom. The summed E-state index contributed by atoms with van der Waals surface area (Å²) >= 11 is 12.1. The summed E-state index contributed by atoms with van der Waals surface area (Å²) in [4.78, 5) is 26.1. The molecule has 0 bridgehead atoms. The molecule has 0 unspecified atom stereocenters. The Labute approximate surface area is 150 Å². The van der Waals surface area contributed by atoms with Gasteiger partial charge in [0.05, 0.1) is 22.2 Å². The van der Waals surface area contributed by atoms with Crippen LogP contribution in [-0.2, 0) is 9.59 Å². The van der Waals surface area contributed by atoms with Crippen LogP contribution in [0.25, 0.3) is 0 Å². The number of nitrogens with zero attached hydrogens (tertiary/aromatic N) is 1. The molecule has 1 atom stereocenters. The molecule has 0 aliphatic carbocycles. The van der Waals surface area contributed by atoms with Crippen molar-refractivity contribution in [2.45, 2.75) is 26.3 Å². The minimum atomic E-state index is -0.616. The topological polar surface area (TPSA) is 49.4 Å². The van der Waals surface area contributed by atoms with E-state index in [1.165, 1.54) is 5.56 Å². The molecular weight excluding hydrogens is 347 g/mol. The smallest absolute Gasteiger partial charge is 0.256 e. The van der Waals surface area contributed by atoms with Gasteiger partial charge in [-0.3, -0.25) is 9.59 Å². The van der Waals surface area contributed by atoms with E-state index in [1.807, 2.05) is 32.0 Å². The normalized spacial score (nSPS) is 17.5. The summed E-state index contributed by atoms with van der Waals surface area (Å²) in [5.41, 5.74) is 3.42. The Morgan fingerprint density at radius 1 is 1.08 bits per heavy atom. The molecule has 0 aromatic heterocycles. The first-order valence-electron chi connectivity index (χ1n) is 7.53. The fourth-order valence-corrected chi connectivity index (χ4v) is 3.08. The Kier molecular flexibility index (Phi) is 4.52. The molecule has 3 rings (SSSR count). The van der Waals surface area contributed by atoms with Gasteiger partial charge in [-0.1, -0.05) is 35.3 Å². The van der Waals surface area contributed by atoms with E-state index in [-0.39, 0.29) is 23.3 Å². The number of benzene rings is 2. The fourth-order valence-electron chi connectivity index (χ4n) is 2.70. The van der Waals surface area contributed by atoms with Crippen molar-refractivity contribution < 1.29 is 9.59 Å². The van der Waals surface area contributed by atoms with Crippen LogP contribution in [0.4, 0.5) is 11.4 Å². The highest BCUT2D eigenvalue weighted by atomic mass is 35.5. The maximum Gasteiger partial charge on any atom is 0.256 e. The molecule has 1 saturated heterocycles. The molecule has 0 radical (unpaired) electrons. The van der Waals surface area contributed by atoms with Gasteiger partial charge in [-0.05, 0) is 49.2 Å². The van der Waals surface area contributed by atoms with Crippen molar-refractivity contribution in [3.8, 4) is 0 Å². The largest absolute Gasteiger partial charge is 0.373 e. The van der Waals surface area contributed by atoms with Gasteiger partial charge in [0.25, 0.3) is 5.91 Å². The molecule has 1 heterocycles. The summed E-state index contributed by atoms with van der Waals surface area (Å²) in [6, 6.07) is 10.1. The molecule has 1 aliphatic rings. The van der Waals surface area contributed by atoms with E-state index in [4.69, 9.17) is 23.2 Å². The van der Waals surface area contributed by atoms with E-state index in [2.05, 4.69) is 5.32 Å². The second-order valence-electron chi connectivity index (χ2n) is 5.84. The van der Waals surface area contributed by atoms with Gasteiger partial charge in [0.1, 0.15) is 6.04 Å². The summed E-state index contributed by atoms with van der Waals surface area (Å²) in [6.45, 7) is 4.02. The Hall–Kier alpha value is -2.04. The van der Waals surface area contributed by atoms with E-state index in [9.17, 15) is 9.59 Å². The Balaban J connectivity index is 1.86. The van der Waals surface area contributed by atoms with Gasteiger partial charge in [0.15, 0.2) is 0 Å². The Morgan fingerprint density at radius 2 is 1.83 bits per heavy atom. The second-order valence-corrected chi connectivity index (χ2v) is 6.63. The van der Waals surface area contributed by atoms with Gasteiger partial charge in [-0.25, -0.2) is 4.90 Å². The number of carbonyl (C=O) groups is 2. The van der Waals surface area contributed by atoms with Crippen LogP contribution in [0.3, 0.4) is 0 Å². The number of amides is 2. The molecule has 0 spiro atoms. The molecule has 24 heavy (non-hydrogen) atoms. The van der Waals surface area contributed by atoms with Crippen LogP contribution in [0.1, 0.15) is 17.5 Å². The van der Waals surface area contributed by atoms with E-state index >= 15 is 0 Å². The fraction of sp³-hybridized carbons (Fsp3) is 0.222. The van der Waals surface area contributed by atoms with E-state index in [0.717, 1.165) is 16.2 Å². The Bertz CT molecular complexity index is 836. The minimum Gasteiger partial charge on any atom is -0.373 e. The highest BCUT2D eigenvalue weighted by Gasteiger charge is 2.40. The second kappa shape index (κ2) is 6.46. The molecule has 4 nitrogen and oxygen atoms in total. The zero-order valence-electron chi connectivity index (χ0n) is 13.3. The van der Waals surface area contributed by atoms with Crippen LogP contribution >= 0.6 is 23.2 Å². The number of hydrogen-bond acceptors (Lipinski definition) is 3. The summed E-state index contributed by atoms with van der Waals surface area (Å²) in [7, 11) is 0. The average Bonchev–Trinajstić information content (AvgIpc) is 2.80. The number of carbonyl (C=O) groups excluding carboxylic acids is 2. The van der Waals surface area contributed by atoms with Crippen LogP contribution in [0.5, 0.6) is 0 Å². The highest BCUT2D eigenvalue weighted by molar-refractivity contribution is 6.45. The van der Waals surface area contributed by atoms with Crippen LogP contribution in [0, 0.1) is 13.8 Å². The minimum absolute atomic E-state index is 0.0780. The number of nitrogens with one attached hydrogen (secondary N) is 1. The molecule has 1 aliphatic heterocycles. The van der Waals surface area contributed by atoms with Crippen LogP contribution < -0.4 is 10.2 Å². The third-order valence-electron chi connectivity index (χ3n) is 4.17. The zero-order chi connectivity index (χ0) is 17.4. The van der Waals surface area contributed by atoms with E-state index in [0.29, 0.717) is 10.7 Å². The van der Waals surface area contributed by atoms with Crippen molar-refractivity contribution >= 4 is 46.4 Å². The van der Waals surface area contributed by atoms with Crippen LogP contribution in [-0.4, -0.2) is 17.9 Å². The molecule has 6 heteroatoms. The van der Waals surface area contributed by atoms with Gasteiger partial charge in [0, 0.05) is 5.69 Å². The number of imide groups is 1. The number of halogens is 2. The first kappa shape index (κ1) is 16.8. The maximum atomic E-state index is 12.7. The summed E-state index contributed by atoms with van der Waals surface area (Å²) in [5.74, 6) is -0.632. The van der Waals surface area contributed by atoms with Crippen LogP contribution in [0.15, 0.2) is 36.4 Å².